The molecule has 0 aliphatic heterocycles. The fourth-order valence-corrected chi connectivity index (χ4v) is 0.969. The van der Waals surface area contributed by atoms with Gasteiger partial charge in [0.05, 0.1) is 12.1 Å². The van der Waals surface area contributed by atoms with Crippen molar-refractivity contribution in [1.82, 2.24) is 10.6 Å². The van der Waals surface area contributed by atoms with Gasteiger partial charge in [0, 0.05) is 6.04 Å². The van der Waals surface area contributed by atoms with E-state index in [9.17, 15) is 4.79 Å². The van der Waals surface area contributed by atoms with Crippen LogP contribution >= 0.6 is 0 Å². The van der Waals surface area contributed by atoms with Crippen molar-refractivity contribution >= 4 is 5.91 Å². The molecule has 80 valence electrons. The van der Waals surface area contributed by atoms with Gasteiger partial charge in [0.15, 0.2) is 0 Å². The molecule has 2 N–H and O–H groups in total. The lowest BCUT2D eigenvalue weighted by Gasteiger charge is -2.18. The second-order valence-corrected chi connectivity index (χ2v) is 3.59. The third-order valence-corrected chi connectivity index (χ3v) is 2.14. The van der Waals surface area contributed by atoms with Crippen molar-refractivity contribution in [3.63, 3.8) is 0 Å². The van der Waals surface area contributed by atoms with Gasteiger partial charge in [-0.15, -0.1) is 6.42 Å². The quantitative estimate of drug-likeness (QED) is 0.641. The number of amides is 1. The summed E-state index contributed by atoms with van der Waals surface area (Å²) in [6.07, 6.45) is 6.14. The van der Waals surface area contributed by atoms with Crippen molar-refractivity contribution in [3.05, 3.63) is 0 Å². The van der Waals surface area contributed by atoms with Crippen LogP contribution in [0.2, 0.25) is 0 Å². The van der Waals surface area contributed by atoms with E-state index in [4.69, 9.17) is 6.42 Å². The van der Waals surface area contributed by atoms with Crippen LogP contribution in [0.4, 0.5) is 0 Å². The zero-order chi connectivity index (χ0) is 11.1. The van der Waals surface area contributed by atoms with E-state index in [1.54, 1.807) is 0 Å². The molecular formula is C11H20N2O. The number of nitrogens with one attached hydrogen (secondary N) is 2. The molecule has 0 fully saturated rings. The van der Waals surface area contributed by atoms with Crippen molar-refractivity contribution in [2.45, 2.75) is 52.2 Å². The van der Waals surface area contributed by atoms with Gasteiger partial charge in [0.1, 0.15) is 0 Å². The Kier molecular flexibility index (Phi) is 5.98. The van der Waals surface area contributed by atoms with Gasteiger partial charge < -0.3 is 5.32 Å². The van der Waals surface area contributed by atoms with Crippen LogP contribution in [0.1, 0.15) is 34.1 Å². The summed E-state index contributed by atoms with van der Waals surface area (Å²) < 4.78 is 0. The lowest BCUT2D eigenvalue weighted by Crippen LogP contribution is -2.47. The first-order valence-corrected chi connectivity index (χ1v) is 5.03. The Bertz CT molecular complexity index is 220. The minimum Gasteiger partial charge on any atom is -0.352 e. The van der Waals surface area contributed by atoms with Gasteiger partial charge in [0.25, 0.3) is 0 Å². The van der Waals surface area contributed by atoms with E-state index in [1.165, 1.54) is 0 Å². The highest BCUT2D eigenvalue weighted by Gasteiger charge is 2.15. The van der Waals surface area contributed by atoms with E-state index < -0.39 is 0 Å². The predicted octanol–water partition coefficient (Wildman–Crippen LogP) is 0.901. The third-order valence-electron chi connectivity index (χ3n) is 2.14. The van der Waals surface area contributed by atoms with Crippen LogP contribution in [0.15, 0.2) is 0 Å². The Labute approximate surface area is 86.6 Å². The van der Waals surface area contributed by atoms with Crippen LogP contribution in [0, 0.1) is 12.3 Å². The highest BCUT2D eigenvalue weighted by molar-refractivity contribution is 5.81. The molecule has 0 heterocycles. The number of hydrogen-bond acceptors (Lipinski definition) is 2. The summed E-state index contributed by atoms with van der Waals surface area (Å²) in [5.41, 5.74) is 0. The Morgan fingerprint density at radius 2 is 2.00 bits per heavy atom. The topological polar surface area (TPSA) is 41.1 Å². The van der Waals surface area contributed by atoms with Crippen molar-refractivity contribution in [3.8, 4) is 12.3 Å². The molecule has 0 radical (unpaired) electrons. The molecule has 1 amide bonds. The second-order valence-electron chi connectivity index (χ2n) is 3.59. The average Bonchev–Trinajstić information content (AvgIpc) is 2.17. The Morgan fingerprint density at radius 3 is 2.43 bits per heavy atom. The van der Waals surface area contributed by atoms with Crippen LogP contribution in [-0.2, 0) is 4.79 Å². The number of terminal acetylenes is 1. The lowest BCUT2D eigenvalue weighted by molar-refractivity contribution is -0.123. The summed E-state index contributed by atoms with van der Waals surface area (Å²) in [6.45, 7) is 7.68. The molecule has 0 saturated heterocycles. The first-order chi connectivity index (χ1) is 6.51. The monoisotopic (exact) mass is 196 g/mol. The van der Waals surface area contributed by atoms with E-state index in [1.807, 2.05) is 27.7 Å². The molecule has 3 heteroatoms. The van der Waals surface area contributed by atoms with Crippen LogP contribution in [0.25, 0.3) is 0 Å². The molecule has 3 unspecified atom stereocenters. The van der Waals surface area contributed by atoms with Gasteiger partial charge in [0.2, 0.25) is 5.91 Å². The number of rotatable bonds is 5. The van der Waals surface area contributed by atoms with Crippen LogP contribution in [0.5, 0.6) is 0 Å². The van der Waals surface area contributed by atoms with Crippen LogP contribution < -0.4 is 10.6 Å². The molecular weight excluding hydrogens is 176 g/mol. The molecule has 0 spiro atoms. The van der Waals surface area contributed by atoms with Crippen LogP contribution in [0.3, 0.4) is 0 Å². The Balaban J connectivity index is 3.95. The third kappa shape index (κ3) is 4.88. The molecule has 0 aliphatic carbocycles. The minimum atomic E-state index is -0.241. The largest absolute Gasteiger partial charge is 0.352 e. The zero-order valence-electron chi connectivity index (χ0n) is 9.42. The van der Waals surface area contributed by atoms with E-state index in [2.05, 4.69) is 16.6 Å². The van der Waals surface area contributed by atoms with Gasteiger partial charge in [-0.3, -0.25) is 10.1 Å². The summed E-state index contributed by atoms with van der Waals surface area (Å²) in [5, 5.41) is 5.90. The highest BCUT2D eigenvalue weighted by Crippen LogP contribution is 1.91. The number of carbonyl (C=O) groups is 1. The Morgan fingerprint density at radius 1 is 1.43 bits per heavy atom. The molecule has 0 rings (SSSR count). The van der Waals surface area contributed by atoms with Gasteiger partial charge in [-0.25, -0.2) is 0 Å². The fraction of sp³-hybridized carbons (Fsp3) is 0.727. The molecule has 3 nitrogen and oxygen atoms in total. The number of hydrogen-bond donors (Lipinski definition) is 2. The average molecular weight is 196 g/mol. The van der Waals surface area contributed by atoms with Crippen LogP contribution in [-0.4, -0.2) is 24.0 Å². The lowest BCUT2D eigenvalue weighted by atomic mass is 10.2. The summed E-state index contributed by atoms with van der Waals surface area (Å²) in [4.78, 5) is 11.5. The van der Waals surface area contributed by atoms with E-state index >= 15 is 0 Å². The second kappa shape index (κ2) is 6.44. The van der Waals surface area contributed by atoms with E-state index in [-0.39, 0.29) is 24.0 Å². The number of carbonyl (C=O) groups excluding carboxylic acids is 1. The van der Waals surface area contributed by atoms with E-state index in [0.29, 0.717) is 0 Å². The normalized spacial score (nSPS) is 16.5. The molecule has 14 heavy (non-hydrogen) atoms. The maximum absolute atomic E-state index is 11.5. The maximum atomic E-state index is 11.5. The first-order valence-electron chi connectivity index (χ1n) is 5.03. The molecule has 0 saturated carbocycles. The standard InChI is InChI=1S/C11H20N2O/c1-6-8(3)12-10(5)11(14)13-9(4)7-2/h1,8-10,12H,7H2,2-5H3,(H,13,14). The molecule has 0 aromatic heterocycles. The SMILES string of the molecule is C#CC(C)NC(C)C(=O)NC(C)CC. The molecule has 3 atom stereocenters. The molecule has 0 aromatic carbocycles. The smallest absolute Gasteiger partial charge is 0.237 e. The molecule has 0 aromatic rings. The summed E-state index contributed by atoms with van der Waals surface area (Å²) in [5.74, 6) is 2.53. The van der Waals surface area contributed by atoms with Crippen molar-refractivity contribution in [2.24, 2.45) is 0 Å². The molecule has 0 bridgehead atoms. The molecule has 0 aliphatic rings. The predicted molar refractivity (Wildman–Crippen MR) is 58.8 cm³/mol. The Hall–Kier alpha value is -1.01. The van der Waals surface area contributed by atoms with Gasteiger partial charge >= 0.3 is 0 Å². The summed E-state index contributed by atoms with van der Waals surface area (Å²) in [6, 6.07) is -0.101. The van der Waals surface area contributed by atoms with Gasteiger partial charge in [-0.05, 0) is 27.2 Å². The summed E-state index contributed by atoms with van der Waals surface area (Å²) in [7, 11) is 0. The minimum absolute atomic E-state index is 0.00134. The first kappa shape index (κ1) is 13.0. The highest BCUT2D eigenvalue weighted by atomic mass is 16.2. The van der Waals surface area contributed by atoms with Gasteiger partial charge in [-0.1, -0.05) is 12.8 Å². The van der Waals surface area contributed by atoms with E-state index in [0.717, 1.165) is 6.42 Å². The maximum Gasteiger partial charge on any atom is 0.237 e. The summed E-state index contributed by atoms with van der Waals surface area (Å²) >= 11 is 0. The van der Waals surface area contributed by atoms with Crippen molar-refractivity contribution < 1.29 is 4.79 Å². The fourth-order valence-electron chi connectivity index (χ4n) is 0.969. The zero-order valence-corrected chi connectivity index (χ0v) is 9.42. The van der Waals surface area contributed by atoms with Gasteiger partial charge in [-0.2, -0.15) is 0 Å². The van der Waals surface area contributed by atoms with Crippen molar-refractivity contribution in [2.75, 3.05) is 0 Å². The van der Waals surface area contributed by atoms with Crippen molar-refractivity contribution in [1.29, 1.82) is 0 Å².